The van der Waals surface area contributed by atoms with Crippen LogP contribution in [-0.4, -0.2) is 36.5 Å². The zero-order valence-electron chi connectivity index (χ0n) is 10.9. The Hall–Kier alpha value is -1.32. The molecule has 0 saturated carbocycles. The van der Waals surface area contributed by atoms with Gasteiger partial charge in [0, 0.05) is 18.5 Å². The fourth-order valence-corrected chi connectivity index (χ4v) is 1.93. The number of carbonyl (C=O) groups is 2. The van der Waals surface area contributed by atoms with Crippen molar-refractivity contribution in [3.05, 3.63) is 12.2 Å². The number of rotatable bonds is 5. The van der Waals surface area contributed by atoms with Crippen LogP contribution in [-0.2, 0) is 14.3 Å². The SMILES string of the molecule is C=C(CN1CC(C(C)C)CC1=O)C(=O)OCC. The maximum atomic E-state index is 11.7. The topological polar surface area (TPSA) is 46.6 Å². The van der Waals surface area contributed by atoms with E-state index in [0.29, 0.717) is 37.0 Å². The van der Waals surface area contributed by atoms with Crippen molar-refractivity contribution in [3.8, 4) is 0 Å². The van der Waals surface area contributed by atoms with Crippen molar-refractivity contribution < 1.29 is 14.3 Å². The Balaban J connectivity index is 2.50. The first-order valence-corrected chi connectivity index (χ1v) is 6.08. The molecule has 1 saturated heterocycles. The van der Waals surface area contributed by atoms with Crippen LogP contribution in [0.5, 0.6) is 0 Å². The van der Waals surface area contributed by atoms with Gasteiger partial charge in [-0.1, -0.05) is 20.4 Å². The highest BCUT2D eigenvalue weighted by Gasteiger charge is 2.32. The van der Waals surface area contributed by atoms with E-state index in [-0.39, 0.29) is 5.91 Å². The Bertz CT molecular complexity index is 323. The van der Waals surface area contributed by atoms with Crippen LogP contribution in [0.15, 0.2) is 12.2 Å². The van der Waals surface area contributed by atoms with Gasteiger partial charge >= 0.3 is 5.97 Å². The molecule has 0 radical (unpaired) electrons. The van der Waals surface area contributed by atoms with Gasteiger partial charge < -0.3 is 9.64 Å². The lowest BCUT2D eigenvalue weighted by molar-refractivity contribution is -0.138. The number of amides is 1. The highest BCUT2D eigenvalue weighted by molar-refractivity contribution is 5.89. The molecule has 1 unspecified atom stereocenters. The van der Waals surface area contributed by atoms with Crippen LogP contribution in [0.4, 0.5) is 0 Å². The molecule has 1 aliphatic rings. The number of hydrogen-bond acceptors (Lipinski definition) is 3. The van der Waals surface area contributed by atoms with Crippen molar-refractivity contribution >= 4 is 11.9 Å². The molecule has 4 heteroatoms. The standard InChI is InChI=1S/C13H21NO3/c1-5-17-13(16)10(4)7-14-8-11(9(2)3)6-12(14)15/h9,11H,4-8H2,1-3H3. The number of nitrogens with zero attached hydrogens (tertiary/aromatic N) is 1. The summed E-state index contributed by atoms with van der Waals surface area (Å²) in [5.74, 6) is 0.569. The molecule has 0 spiro atoms. The maximum absolute atomic E-state index is 11.7. The molecular weight excluding hydrogens is 218 g/mol. The van der Waals surface area contributed by atoms with Gasteiger partial charge in [-0.3, -0.25) is 4.79 Å². The molecule has 0 aliphatic carbocycles. The monoisotopic (exact) mass is 239 g/mol. The van der Waals surface area contributed by atoms with Gasteiger partial charge in [-0.15, -0.1) is 0 Å². The largest absolute Gasteiger partial charge is 0.463 e. The van der Waals surface area contributed by atoms with Gasteiger partial charge in [0.15, 0.2) is 0 Å². The predicted molar refractivity (Wildman–Crippen MR) is 65.3 cm³/mol. The first-order chi connectivity index (χ1) is 7.95. The van der Waals surface area contributed by atoms with Crippen molar-refractivity contribution in [2.24, 2.45) is 11.8 Å². The third-order valence-electron chi connectivity index (χ3n) is 3.13. The van der Waals surface area contributed by atoms with E-state index >= 15 is 0 Å². The molecule has 0 bridgehead atoms. The quantitative estimate of drug-likeness (QED) is 0.541. The lowest BCUT2D eigenvalue weighted by Gasteiger charge is -2.18. The zero-order chi connectivity index (χ0) is 13.0. The molecule has 0 aromatic heterocycles. The summed E-state index contributed by atoms with van der Waals surface area (Å²) >= 11 is 0. The number of ether oxygens (including phenoxy) is 1. The average molecular weight is 239 g/mol. The van der Waals surface area contributed by atoms with Crippen LogP contribution in [0, 0.1) is 11.8 Å². The molecule has 1 rings (SSSR count). The first-order valence-electron chi connectivity index (χ1n) is 6.08. The van der Waals surface area contributed by atoms with E-state index in [4.69, 9.17) is 4.74 Å². The number of esters is 1. The smallest absolute Gasteiger partial charge is 0.335 e. The summed E-state index contributed by atoms with van der Waals surface area (Å²) in [6.45, 7) is 11.0. The minimum atomic E-state index is -0.409. The van der Waals surface area contributed by atoms with E-state index in [9.17, 15) is 9.59 Å². The summed E-state index contributed by atoms with van der Waals surface area (Å²) in [6.07, 6.45) is 0.577. The fourth-order valence-electron chi connectivity index (χ4n) is 1.93. The summed E-state index contributed by atoms with van der Waals surface area (Å²) in [5.41, 5.74) is 0.351. The third kappa shape index (κ3) is 3.58. The summed E-state index contributed by atoms with van der Waals surface area (Å²) < 4.78 is 4.85. The number of likely N-dealkylation sites (tertiary alicyclic amines) is 1. The summed E-state index contributed by atoms with van der Waals surface area (Å²) in [7, 11) is 0. The summed E-state index contributed by atoms with van der Waals surface area (Å²) in [4.78, 5) is 24.8. The number of hydrogen-bond donors (Lipinski definition) is 0. The van der Waals surface area contributed by atoms with Crippen LogP contribution in [0.1, 0.15) is 27.2 Å². The van der Waals surface area contributed by atoms with E-state index in [1.807, 2.05) is 0 Å². The van der Waals surface area contributed by atoms with E-state index in [1.54, 1.807) is 11.8 Å². The molecule has 17 heavy (non-hydrogen) atoms. The minimum Gasteiger partial charge on any atom is -0.463 e. The highest BCUT2D eigenvalue weighted by Crippen LogP contribution is 2.25. The fraction of sp³-hybridized carbons (Fsp3) is 0.692. The first kappa shape index (κ1) is 13.7. The van der Waals surface area contributed by atoms with Gasteiger partial charge in [0.2, 0.25) is 5.91 Å². The van der Waals surface area contributed by atoms with Crippen molar-refractivity contribution in [2.45, 2.75) is 27.2 Å². The molecule has 96 valence electrons. The van der Waals surface area contributed by atoms with Gasteiger partial charge in [-0.2, -0.15) is 0 Å². The second-order valence-corrected chi connectivity index (χ2v) is 4.81. The van der Waals surface area contributed by atoms with Crippen LogP contribution >= 0.6 is 0 Å². The molecule has 1 fully saturated rings. The Kier molecular flexibility index (Phi) is 4.73. The Morgan fingerprint density at radius 1 is 1.59 bits per heavy atom. The predicted octanol–water partition coefficient (Wildman–Crippen LogP) is 1.61. The van der Waals surface area contributed by atoms with E-state index in [2.05, 4.69) is 20.4 Å². The summed E-state index contributed by atoms with van der Waals surface area (Å²) in [6, 6.07) is 0. The maximum Gasteiger partial charge on any atom is 0.335 e. The Labute approximate surface area is 103 Å². The number of carbonyl (C=O) groups excluding carboxylic acids is 2. The van der Waals surface area contributed by atoms with Gasteiger partial charge in [-0.05, 0) is 18.8 Å². The van der Waals surface area contributed by atoms with E-state index in [0.717, 1.165) is 6.54 Å². The molecule has 1 aliphatic heterocycles. The third-order valence-corrected chi connectivity index (χ3v) is 3.13. The molecule has 1 heterocycles. The van der Waals surface area contributed by atoms with Crippen molar-refractivity contribution in [1.82, 2.24) is 4.90 Å². The summed E-state index contributed by atoms with van der Waals surface area (Å²) in [5, 5.41) is 0. The van der Waals surface area contributed by atoms with Crippen LogP contribution < -0.4 is 0 Å². The minimum absolute atomic E-state index is 0.106. The molecule has 0 N–H and O–H groups in total. The normalized spacial score (nSPS) is 19.9. The van der Waals surface area contributed by atoms with Crippen LogP contribution in [0.25, 0.3) is 0 Å². The van der Waals surface area contributed by atoms with Gasteiger partial charge in [-0.25, -0.2) is 4.79 Å². The van der Waals surface area contributed by atoms with Crippen molar-refractivity contribution in [2.75, 3.05) is 19.7 Å². The molecular formula is C13H21NO3. The van der Waals surface area contributed by atoms with Gasteiger partial charge in [0.05, 0.1) is 13.2 Å². The molecule has 4 nitrogen and oxygen atoms in total. The molecule has 0 aromatic rings. The Morgan fingerprint density at radius 3 is 2.71 bits per heavy atom. The zero-order valence-corrected chi connectivity index (χ0v) is 10.9. The van der Waals surface area contributed by atoms with Gasteiger partial charge in [0.1, 0.15) is 0 Å². The highest BCUT2D eigenvalue weighted by atomic mass is 16.5. The van der Waals surface area contributed by atoms with Gasteiger partial charge in [0.25, 0.3) is 0 Å². The van der Waals surface area contributed by atoms with E-state index in [1.165, 1.54) is 0 Å². The lowest BCUT2D eigenvalue weighted by atomic mass is 9.95. The second-order valence-electron chi connectivity index (χ2n) is 4.81. The van der Waals surface area contributed by atoms with Crippen molar-refractivity contribution in [1.29, 1.82) is 0 Å². The van der Waals surface area contributed by atoms with Crippen molar-refractivity contribution in [3.63, 3.8) is 0 Å². The van der Waals surface area contributed by atoms with Crippen LogP contribution in [0.2, 0.25) is 0 Å². The second kappa shape index (κ2) is 5.84. The Morgan fingerprint density at radius 2 is 2.24 bits per heavy atom. The lowest BCUT2D eigenvalue weighted by Crippen LogP contribution is -2.30. The molecule has 0 aromatic carbocycles. The van der Waals surface area contributed by atoms with Crippen LogP contribution in [0.3, 0.4) is 0 Å². The van der Waals surface area contributed by atoms with E-state index < -0.39 is 5.97 Å². The molecule has 1 atom stereocenters. The molecule has 1 amide bonds. The average Bonchev–Trinajstić information content (AvgIpc) is 2.61.